The largest absolute Gasteiger partial charge is 0.325 e. The molecule has 0 saturated heterocycles. The normalized spacial score (nSPS) is 15.3. The van der Waals surface area contributed by atoms with Crippen LogP contribution in [0.25, 0.3) is 0 Å². The molecule has 31 heavy (non-hydrogen) atoms. The Morgan fingerprint density at radius 3 is 2.32 bits per heavy atom. The number of aryl methyl sites for hydroxylation is 3. The van der Waals surface area contributed by atoms with Crippen LogP contribution in [0.1, 0.15) is 48.8 Å². The van der Waals surface area contributed by atoms with Crippen LogP contribution in [0.15, 0.2) is 46.2 Å². The van der Waals surface area contributed by atoms with Crippen molar-refractivity contribution in [2.24, 2.45) is 0 Å². The van der Waals surface area contributed by atoms with Crippen molar-refractivity contribution in [3.8, 4) is 0 Å². The van der Waals surface area contributed by atoms with E-state index in [1.165, 1.54) is 4.31 Å². The van der Waals surface area contributed by atoms with Crippen LogP contribution in [-0.2, 0) is 14.8 Å². The monoisotopic (exact) mass is 460 g/mol. The summed E-state index contributed by atoms with van der Waals surface area (Å²) in [7, 11) is -3.81. The van der Waals surface area contributed by atoms with E-state index in [0.717, 1.165) is 53.7 Å². The van der Waals surface area contributed by atoms with E-state index >= 15 is 0 Å². The first-order valence-corrected chi connectivity index (χ1v) is 13.4. The van der Waals surface area contributed by atoms with Gasteiger partial charge in [0.2, 0.25) is 15.9 Å². The maximum Gasteiger partial charge on any atom is 0.244 e. The number of rotatable bonds is 7. The molecule has 0 heterocycles. The molecule has 1 N–H and O–H groups in total. The summed E-state index contributed by atoms with van der Waals surface area (Å²) in [6.07, 6.45) is 6.64. The van der Waals surface area contributed by atoms with Crippen LogP contribution in [0.4, 0.5) is 5.69 Å². The number of amides is 1. The molecule has 0 aliphatic heterocycles. The van der Waals surface area contributed by atoms with Gasteiger partial charge in [0.25, 0.3) is 0 Å². The van der Waals surface area contributed by atoms with E-state index in [4.69, 9.17) is 0 Å². The molecule has 7 heteroatoms. The number of sulfonamides is 1. The zero-order chi connectivity index (χ0) is 22.6. The SMILES string of the molecule is CSc1cccc(NC(=O)CN(C2CCCCC2)S(=O)(=O)c2c(C)cc(C)cc2C)c1. The highest BCUT2D eigenvalue weighted by molar-refractivity contribution is 7.98. The van der Waals surface area contributed by atoms with Gasteiger partial charge in [-0.1, -0.05) is 43.0 Å². The van der Waals surface area contributed by atoms with E-state index in [0.29, 0.717) is 10.6 Å². The van der Waals surface area contributed by atoms with Crippen LogP contribution in [0.3, 0.4) is 0 Å². The molecule has 0 unspecified atom stereocenters. The van der Waals surface area contributed by atoms with Gasteiger partial charge in [-0.05, 0) is 69.2 Å². The van der Waals surface area contributed by atoms with E-state index in [1.54, 1.807) is 11.8 Å². The fourth-order valence-corrected chi connectivity index (χ4v) is 7.03. The summed E-state index contributed by atoms with van der Waals surface area (Å²) >= 11 is 1.59. The lowest BCUT2D eigenvalue weighted by Gasteiger charge is -2.33. The number of nitrogens with zero attached hydrogens (tertiary/aromatic N) is 1. The molecule has 168 valence electrons. The Labute approximate surface area is 190 Å². The first-order chi connectivity index (χ1) is 14.7. The van der Waals surface area contributed by atoms with Gasteiger partial charge in [-0.2, -0.15) is 4.31 Å². The van der Waals surface area contributed by atoms with E-state index < -0.39 is 10.0 Å². The fourth-order valence-electron chi connectivity index (χ4n) is 4.51. The van der Waals surface area contributed by atoms with Crippen molar-refractivity contribution in [3.05, 3.63) is 53.1 Å². The number of nitrogens with one attached hydrogen (secondary N) is 1. The van der Waals surface area contributed by atoms with Crippen molar-refractivity contribution in [1.82, 2.24) is 4.31 Å². The van der Waals surface area contributed by atoms with Crippen molar-refractivity contribution in [3.63, 3.8) is 0 Å². The predicted octanol–water partition coefficient (Wildman–Crippen LogP) is 5.30. The second-order valence-corrected chi connectivity index (χ2v) is 11.1. The molecule has 0 atom stereocenters. The molecule has 1 amide bonds. The Balaban J connectivity index is 1.92. The van der Waals surface area contributed by atoms with Crippen LogP contribution < -0.4 is 5.32 Å². The quantitative estimate of drug-likeness (QED) is 0.570. The lowest BCUT2D eigenvalue weighted by atomic mass is 9.95. The predicted molar refractivity (Wildman–Crippen MR) is 128 cm³/mol. The first kappa shape index (κ1) is 23.8. The molecule has 0 bridgehead atoms. The lowest BCUT2D eigenvalue weighted by molar-refractivity contribution is -0.116. The highest BCUT2D eigenvalue weighted by atomic mass is 32.2. The number of anilines is 1. The molecule has 2 aromatic rings. The van der Waals surface area contributed by atoms with Crippen molar-refractivity contribution < 1.29 is 13.2 Å². The average Bonchev–Trinajstić information content (AvgIpc) is 2.71. The maximum atomic E-state index is 13.8. The Kier molecular flexibility index (Phi) is 7.83. The molecule has 0 radical (unpaired) electrons. The Bertz CT molecular complexity index is 1020. The van der Waals surface area contributed by atoms with Crippen molar-refractivity contribution in [2.75, 3.05) is 18.1 Å². The van der Waals surface area contributed by atoms with E-state index in [9.17, 15) is 13.2 Å². The molecule has 1 aliphatic rings. The minimum absolute atomic E-state index is 0.151. The third-order valence-electron chi connectivity index (χ3n) is 5.81. The second kappa shape index (κ2) is 10.2. The minimum Gasteiger partial charge on any atom is -0.325 e. The van der Waals surface area contributed by atoms with Crippen LogP contribution >= 0.6 is 11.8 Å². The summed E-state index contributed by atoms with van der Waals surface area (Å²) in [5.41, 5.74) is 3.17. The molecule has 3 rings (SSSR count). The molecular weight excluding hydrogens is 428 g/mol. The fraction of sp³-hybridized carbons (Fsp3) is 0.458. The van der Waals surface area contributed by atoms with Gasteiger partial charge in [-0.15, -0.1) is 11.8 Å². The average molecular weight is 461 g/mol. The third kappa shape index (κ3) is 5.70. The highest BCUT2D eigenvalue weighted by Gasteiger charge is 2.35. The Hall–Kier alpha value is -1.83. The maximum absolute atomic E-state index is 13.8. The number of thioether (sulfide) groups is 1. The third-order valence-corrected chi connectivity index (χ3v) is 8.74. The van der Waals surface area contributed by atoms with Gasteiger partial charge in [0.05, 0.1) is 11.4 Å². The Morgan fingerprint density at radius 2 is 1.71 bits per heavy atom. The summed E-state index contributed by atoms with van der Waals surface area (Å²) in [6.45, 7) is 5.45. The number of hydrogen-bond donors (Lipinski definition) is 1. The van der Waals surface area contributed by atoms with Gasteiger partial charge >= 0.3 is 0 Å². The van der Waals surface area contributed by atoms with E-state index in [2.05, 4.69) is 5.32 Å². The zero-order valence-corrected chi connectivity index (χ0v) is 20.4. The molecule has 0 spiro atoms. The van der Waals surface area contributed by atoms with Crippen LogP contribution in [-0.4, -0.2) is 37.5 Å². The molecule has 5 nitrogen and oxygen atoms in total. The summed E-state index contributed by atoms with van der Waals surface area (Å²) in [5, 5.41) is 2.89. The van der Waals surface area contributed by atoms with Crippen LogP contribution in [0.5, 0.6) is 0 Å². The van der Waals surface area contributed by atoms with Gasteiger partial charge in [0, 0.05) is 16.6 Å². The topological polar surface area (TPSA) is 66.5 Å². The standard InChI is InChI=1S/C24H32N2O3S2/c1-17-13-18(2)24(19(3)14-17)31(28,29)26(21-10-6-5-7-11-21)16-23(27)25-20-9-8-12-22(15-20)30-4/h8-9,12-15,21H,5-7,10-11,16H2,1-4H3,(H,25,27). The smallest absolute Gasteiger partial charge is 0.244 e. The molecule has 1 aliphatic carbocycles. The van der Waals surface area contributed by atoms with Gasteiger partial charge < -0.3 is 5.32 Å². The van der Waals surface area contributed by atoms with E-state index in [-0.39, 0.29) is 18.5 Å². The molecular formula is C24H32N2O3S2. The first-order valence-electron chi connectivity index (χ1n) is 10.8. The molecule has 1 saturated carbocycles. The number of carbonyl (C=O) groups is 1. The van der Waals surface area contributed by atoms with Gasteiger partial charge in [0.1, 0.15) is 0 Å². The van der Waals surface area contributed by atoms with Crippen molar-refractivity contribution >= 4 is 33.4 Å². The second-order valence-electron chi connectivity index (χ2n) is 8.35. The molecule has 2 aromatic carbocycles. The summed E-state index contributed by atoms with van der Waals surface area (Å²) in [5.74, 6) is -0.310. The molecule has 0 aromatic heterocycles. The van der Waals surface area contributed by atoms with Crippen LogP contribution in [0.2, 0.25) is 0 Å². The number of hydrogen-bond acceptors (Lipinski definition) is 4. The van der Waals surface area contributed by atoms with Gasteiger partial charge in [-0.3, -0.25) is 4.79 Å². The Morgan fingerprint density at radius 1 is 1.06 bits per heavy atom. The summed E-state index contributed by atoms with van der Waals surface area (Å²) < 4.78 is 29.1. The summed E-state index contributed by atoms with van der Waals surface area (Å²) in [6, 6.07) is 11.2. The minimum atomic E-state index is -3.81. The van der Waals surface area contributed by atoms with Crippen molar-refractivity contribution in [2.45, 2.75) is 68.7 Å². The lowest BCUT2D eigenvalue weighted by Crippen LogP contribution is -2.46. The van der Waals surface area contributed by atoms with E-state index in [1.807, 2.05) is 63.4 Å². The number of benzene rings is 2. The van der Waals surface area contributed by atoms with Crippen LogP contribution in [0, 0.1) is 20.8 Å². The highest BCUT2D eigenvalue weighted by Crippen LogP contribution is 2.31. The zero-order valence-electron chi connectivity index (χ0n) is 18.8. The summed E-state index contributed by atoms with van der Waals surface area (Å²) in [4.78, 5) is 14.3. The molecule has 1 fully saturated rings. The number of carbonyl (C=O) groups excluding carboxylic acids is 1. The van der Waals surface area contributed by atoms with Gasteiger partial charge in [0.15, 0.2) is 0 Å². The van der Waals surface area contributed by atoms with Crippen molar-refractivity contribution in [1.29, 1.82) is 0 Å². The van der Waals surface area contributed by atoms with Gasteiger partial charge in [-0.25, -0.2) is 8.42 Å².